The monoisotopic (exact) mass is 575 g/mol. The Morgan fingerprint density at radius 1 is 1.12 bits per heavy atom. The van der Waals surface area contributed by atoms with E-state index in [2.05, 4.69) is 41.3 Å². The molecule has 0 spiro atoms. The highest BCUT2D eigenvalue weighted by Crippen LogP contribution is 2.28. The van der Waals surface area contributed by atoms with Crippen LogP contribution in [0.3, 0.4) is 0 Å². The smallest absolute Gasteiger partial charge is 0.191 e. The lowest BCUT2D eigenvalue weighted by Gasteiger charge is -2.19. The number of benzene rings is 1. The number of nitrogens with one attached hydrogen (secondary N) is 2. The second-order valence-electron chi connectivity index (χ2n) is 7.15. The summed E-state index contributed by atoms with van der Waals surface area (Å²) in [5.41, 5.74) is 2.14. The summed E-state index contributed by atoms with van der Waals surface area (Å²) in [6.45, 7) is 16.1. The normalized spacial score (nSPS) is 11.3. The lowest BCUT2D eigenvalue weighted by atomic mass is 10.2. The van der Waals surface area contributed by atoms with Crippen LogP contribution in [0.25, 0.3) is 0 Å². The quantitative estimate of drug-likeness (QED) is 0.223. The van der Waals surface area contributed by atoms with Gasteiger partial charge in [0, 0.05) is 18.0 Å². The van der Waals surface area contributed by atoms with Crippen molar-refractivity contribution in [3.05, 3.63) is 39.3 Å². The van der Waals surface area contributed by atoms with Gasteiger partial charge in [0.25, 0.3) is 0 Å². The molecular weight excluding hydrogens is 537 g/mol. The maximum atomic E-state index is 5.95. The minimum absolute atomic E-state index is 0. The predicted octanol–water partition coefficient (Wildman–Crippen LogP) is 4.36. The summed E-state index contributed by atoms with van der Waals surface area (Å²) in [5.74, 6) is 2.29. The zero-order valence-corrected chi connectivity index (χ0v) is 23.3. The van der Waals surface area contributed by atoms with E-state index >= 15 is 0 Å². The summed E-state index contributed by atoms with van der Waals surface area (Å²) in [4.78, 5) is 12.8. The van der Waals surface area contributed by atoms with Gasteiger partial charge in [-0.05, 0) is 51.6 Å². The predicted molar refractivity (Wildman–Crippen MR) is 145 cm³/mol. The Morgan fingerprint density at radius 3 is 2.47 bits per heavy atom. The van der Waals surface area contributed by atoms with Gasteiger partial charge < -0.3 is 25.0 Å². The van der Waals surface area contributed by atoms with Crippen LogP contribution in [0.4, 0.5) is 0 Å². The van der Waals surface area contributed by atoms with Gasteiger partial charge in [0.2, 0.25) is 0 Å². The molecule has 1 aromatic carbocycles. The van der Waals surface area contributed by atoms with Crippen molar-refractivity contribution < 1.29 is 9.47 Å². The molecule has 0 radical (unpaired) electrons. The van der Waals surface area contributed by atoms with Crippen molar-refractivity contribution in [3.8, 4) is 11.5 Å². The van der Waals surface area contributed by atoms with Crippen LogP contribution in [0.5, 0.6) is 11.5 Å². The molecule has 0 saturated carbocycles. The number of hydrogen-bond acceptors (Lipinski definition) is 6. The van der Waals surface area contributed by atoms with Crippen LogP contribution < -0.4 is 20.1 Å². The molecule has 0 unspecified atom stereocenters. The van der Waals surface area contributed by atoms with Gasteiger partial charge in [0.1, 0.15) is 6.61 Å². The molecule has 0 atom stereocenters. The molecule has 0 saturated heterocycles. The molecule has 1 aromatic heterocycles. The molecule has 0 aliphatic heterocycles. The van der Waals surface area contributed by atoms with E-state index in [1.807, 2.05) is 32.0 Å². The Bertz CT molecular complexity index is 840. The van der Waals surface area contributed by atoms with Crippen LogP contribution in [0.1, 0.15) is 41.9 Å². The van der Waals surface area contributed by atoms with Crippen LogP contribution in [0.2, 0.25) is 0 Å². The first kappa shape index (κ1) is 28.4. The molecule has 2 rings (SSSR count). The Balaban J connectivity index is 0.00000512. The van der Waals surface area contributed by atoms with E-state index in [1.165, 1.54) is 4.88 Å². The highest BCUT2D eigenvalue weighted by molar-refractivity contribution is 14.0. The number of aryl methyl sites for hydroxylation is 2. The van der Waals surface area contributed by atoms with Crippen molar-refractivity contribution in [2.45, 2.75) is 47.7 Å². The molecular formula is C23H38IN5O2S. The van der Waals surface area contributed by atoms with Gasteiger partial charge in [-0.2, -0.15) is 0 Å². The molecule has 0 aliphatic rings. The van der Waals surface area contributed by atoms with Gasteiger partial charge in [0.15, 0.2) is 17.5 Å². The third-order valence-electron chi connectivity index (χ3n) is 4.97. The van der Waals surface area contributed by atoms with Gasteiger partial charge in [-0.3, -0.25) is 0 Å². The number of aliphatic imine (C=N–C) groups is 1. The third kappa shape index (κ3) is 9.11. The zero-order chi connectivity index (χ0) is 22.6. The zero-order valence-electron chi connectivity index (χ0n) is 20.2. The Morgan fingerprint density at radius 2 is 1.88 bits per heavy atom. The molecule has 9 heteroatoms. The number of halogens is 1. The molecule has 0 amide bonds. The first-order chi connectivity index (χ1) is 15.0. The van der Waals surface area contributed by atoms with Crippen LogP contribution in [-0.2, 0) is 13.1 Å². The van der Waals surface area contributed by atoms with Crippen molar-refractivity contribution >= 4 is 41.3 Å². The molecule has 1 heterocycles. The molecule has 0 aliphatic carbocycles. The topological polar surface area (TPSA) is 71.0 Å². The molecule has 2 N–H and O–H groups in total. The maximum absolute atomic E-state index is 5.95. The summed E-state index contributed by atoms with van der Waals surface area (Å²) >= 11 is 1.72. The lowest BCUT2D eigenvalue weighted by Crippen LogP contribution is -2.36. The van der Waals surface area contributed by atoms with Crippen molar-refractivity contribution in [1.82, 2.24) is 20.5 Å². The largest absolute Gasteiger partial charge is 0.493 e. The maximum Gasteiger partial charge on any atom is 0.191 e. The third-order valence-corrected chi connectivity index (χ3v) is 6.04. The molecule has 0 fully saturated rings. The van der Waals surface area contributed by atoms with Crippen LogP contribution in [0.15, 0.2) is 23.2 Å². The van der Waals surface area contributed by atoms with Crippen LogP contribution >= 0.6 is 35.3 Å². The van der Waals surface area contributed by atoms with E-state index in [0.29, 0.717) is 19.7 Å². The minimum atomic E-state index is 0. The first-order valence-electron chi connectivity index (χ1n) is 11.0. The SMILES string of the molecule is CCNC(=NCc1ccc(OCCN(CC)CC)c(OC)c1)NCc1sc(C)nc1C.I. The Hall–Kier alpha value is -1.59. The molecule has 7 nitrogen and oxygen atoms in total. The average Bonchev–Trinajstić information content (AvgIpc) is 3.10. The number of nitrogens with zero attached hydrogens (tertiary/aromatic N) is 3. The second kappa shape index (κ2) is 15.3. The van der Waals surface area contributed by atoms with Crippen molar-refractivity contribution in [2.75, 3.05) is 39.9 Å². The fraction of sp³-hybridized carbons (Fsp3) is 0.565. The molecule has 2 aromatic rings. The fourth-order valence-corrected chi connectivity index (χ4v) is 4.04. The number of hydrogen-bond donors (Lipinski definition) is 2. The van der Waals surface area contributed by atoms with Crippen molar-refractivity contribution in [3.63, 3.8) is 0 Å². The minimum Gasteiger partial charge on any atom is -0.493 e. The van der Waals surface area contributed by atoms with Crippen molar-refractivity contribution in [1.29, 1.82) is 0 Å². The van der Waals surface area contributed by atoms with E-state index in [0.717, 1.165) is 59.9 Å². The van der Waals surface area contributed by atoms with E-state index in [1.54, 1.807) is 18.4 Å². The molecule has 0 bridgehead atoms. The summed E-state index contributed by atoms with van der Waals surface area (Å²) in [6, 6.07) is 6.01. The van der Waals surface area contributed by atoms with E-state index in [4.69, 9.17) is 14.5 Å². The summed E-state index contributed by atoms with van der Waals surface area (Å²) in [7, 11) is 1.67. The number of methoxy groups -OCH3 is 1. The number of aromatic nitrogens is 1. The number of ether oxygens (including phenoxy) is 2. The first-order valence-corrected chi connectivity index (χ1v) is 11.8. The highest BCUT2D eigenvalue weighted by Gasteiger charge is 2.09. The van der Waals surface area contributed by atoms with Gasteiger partial charge in [0.05, 0.1) is 30.9 Å². The van der Waals surface area contributed by atoms with E-state index in [-0.39, 0.29) is 24.0 Å². The van der Waals surface area contributed by atoms with Gasteiger partial charge in [-0.25, -0.2) is 9.98 Å². The number of thiazole rings is 1. The lowest BCUT2D eigenvalue weighted by molar-refractivity contribution is 0.217. The number of guanidine groups is 1. The Labute approximate surface area is 214 Å². The number of rotatable bonds is 12. The van der Waals surface area contributed by atoms with Crippen LogP contribution in [0, 0.1) is 13.8 Å². The van der Waals surface area contributed by atoms with Gasteiger partial charge >= 0.3 is 0 Å². The highest BCUT2D eigenvalue weighted by atomic mass is 127. The Kier molecular flexibility index (Phi) is 13.6. The molecule has 32 heavy (non-hydrogen) atoms. The van der Waals surface area contributed by atoms with Crippen molar-refractivity contribution in [2.24, 2.45) is 4.99 Å². The fourth-order valence-electron chi connectivity index (χ4n) is 3.17. The van der Waals surface area contributed by atoms with E-state index < -0.39 is 0 Å². The summed E-state index contributed by atoms with van der Waals surface area (Å²) < 4.78 is 11.5. The molecule has 180 valence electrons. The van der Waals surface area contributed by atoms with Gasteiger partial charge in [-0.15, -0.1) is 35.3 Å². The standard InChI is InChI=1S/C23H37N5O2S.HI/c1-7-24-23(26-16-22-17(4)27-18(5)31-22)25-15-19-10-11-20(21(14-19)29-6)30-13-12-28(8-2)9-3;/h10-11,14H,7-9,12-13,15-16H2,1-6H3,(H2,24,25,26);1H. The van der Waals surface area contributed by atoms with Gasteiger partial charge in [-0.1, -0.05) is 19.9 Å². The number of likely N-dealkylation sites (N-methyl/N-ethyl adjacent to an activating group) is 1. The summed E-state index contributed by atoms with van der Waals surface area (Å²) in [6.07, 6.45) is 0. The van der Waals surface area contributed by atoms with Crippen LogP contribution in [-0.4, -0.2) is 55.7 Å². The summed E-state index contributed by atoms with van der Waals surface area (Å²) in [5, 5.41) is 7.79. The second-order valence-corrected chi connectivity index (χ2v) is 8.44. The van der Waals surface area contributed by atoms with E-state index in [9.17, 15) is 0 Å². The average molecular weight is 576 g/mol.